The summed E-state index contributed by atoms with van der Waals surface area (Å²) in [6, 6.07) is 3.13. The average Bonchev–Trinajstić information content (AvgIpc) is 2.87. The van der Waals surface area contributed by atoms with Crippen molar-refractivity contribution in [2.75, 3.05) is 26.0 Å². The molecule has 2 N–H and O–H groups in total. The molecule has 0 radical (unpaired) electrons. The van der Waals surface area contributed by atoms with E-state index in [0.29, 0.717) is 5.82 Å². The second-order valence-electron chi connectivity index (χ2n) is 5.29. The fourth-order valence-corrected chi connectivity index (χ4v) is 2.61. The summed E-state index contributed by atoms with van der Waals surface area (Å²) < 4.78 is 0. The molecule has 0 aliphatic heterocycles. The Morgan fingerprint density at radius 2 is 2.05 bits per heavy atom. The number of carboxylic acid groups (broad SMARTS) is 1. The molecule has 1 aromatic rings. The van der Waals surface area contributed by atoms with Crippen molar-refractivity contribution in [3.63, 3.8) is 0 Å². The second kappa shape index (κ2) is 5.52. The molecule has 19 heavy (non-hydrogen) atoms. The average molecular weight is 264 g/mol. The molecule has 6 nitrogen and oxygen atoms in total. The standard InChI is InChI=1S/C13H20N4O2/c1-17(2)13(7-3-4-8-13)9-14-11-6-5-10(12(18)19)15-16-11/h5-6H,3-4,7-9H2,1-2H3,(H,14,16)(H,18,19). The number of hydrogen-bond acceptors (Lipinski definition) is 5. The van der Waals surface area contributed by atoms with E-state index in [4.69, 9.17) is 5.11 Å². The predicted molar refractivity (Wildman–Crippen MR) is 72.4 cm³/mol. The summed E-state index contributed by atoms with van der Waals surface area (Å²) in [5, 5.41) is 19.6. The first kappa shape index (κ1) is 13.7. The van der Waals surface area contributed by atoms with Gasteiger partial charge in [0.1, 0.15) is 5.82 Å². The first-order valence-electron chi connectivity index (χ1n) is 6.52. The minimum Gasteiger partial charge on any atom is -0.476 e. The zero-order chi connectivity index (χ0) is 13.9. The van der Waals surface area contributed by atoms with Crippen LogP contribution in [0.2, 0.25) is 0 Å². The van der Waals surface area contributed by atoms with Gasteiger partial charge < -0.3 is 15.3 Å². The van der Waals surface area contributed by atoms with E-state index in [2.05, 4.69) is 34.5 Å². The molecule has 0 amide bonds. The quantitative estimate of drug-likeness (QED) is 0.838. The highest BCUT2D eigenvalue weighted by atomic mass is 16.4. The van der Waals surface area contributed by atoms with Crippen molar-refractivity contribution in [1.29, 1.82) is 0 Å². The molecule has 104 valence electrons. The molecule has 0 unspecified atom stereocenters. The van der Waals surface area contributed by atoms with Crippen molar-refractivity contribution in [3.05, 3.63) is 17.8 Å². The van der Waals surface area contributed by atoms with Crippen LogP contribution < -0.4 is 5.32 Å². The molecule has 0 atom stereocenters. The van der Waals surface area contributed by atoms with Gasteiger partial charge in [0.2, 0.25) is 0 Å². The molecule has 1 aromatic heterocycles. The lowest BCUT2D eigenvalue weighted by atomic mass is 9.96. The maximum atomic E-state index is 10.7. The lowest BCUT2D eigenvalue weighted by Gasteiger charge is -2.36. The second-order valence-corrected chi connectivity index (χ2v) is 5.29. The van der Waals surface area contributed by atoms with Gasteiger partial charge in [0.15, 0.2) is 5.69 Å². The molecule has 1 fully saturated rings. The number of aromatic nitrogens is 2. The topological polar surface area (TPSA) is 78.4 Å². The number of carbonyl (C=O) groups is 1. The molecule has 0 aromatic carbocycles. The van der Waals surface area contributed by atoms with E-state index in [1.165, 1.54) is 31.7 Å². The summed E-state index contributed by atoms with van der Waals surface area (Å²) in [7, 11) is 4.21. The van der Waals surface area contributed by atoms with E-state index in [9.17, 15) is 4.79 Å². The zero-order valence-corrected chi connectivity index (χ0v) is 11.4. The third-order valence-electron chi connectivity index (χ3n) is 3.97. The Hall–Kier alpha value is -1.69. The summed E-state index contributed by atoms with van der Waals surface area (Å²) in [5.74, 6) is -0.433. The molecule has 1 aliphatic carbocycles. The predicted octanol–water partition coefficient (Wildman–Crippen LogP) is 1.46. The third kappa shape index (κ3) is 3.01. The molecule has 1 saturated carbocycles. The van der Waals surface area contributed by atoms with Gasteiger partial charge in [0.25, 0.3) is 0 Å². The van der Waals surface area contributed by atoms with Gasteiger partial charge in [-0.25, -0.2) is 4.79 Å². The van der Waals surface area contributed by atoms with Crippen molar-refractivity contribution in [2.45, 2.75) is 31.2 Å². The Morgan fingerprint density at radius 3 is 2.53 bits per heavy atom. The fourth-order valence-electron chi connectivity index (χ4n) is 2.61. The summed E-state index contributed by atoms with van der Waals surface area (Å²) in [5.41, 5.74) is 0.140. The van der Waals surface area contributed by atoms with E-state index >= 15 is 0 Å². The molecule has 0 spiro atoms. The van der Waals surface area contributed by atoms with Crippen LogP contribution in [0.1, 0.15) is 36.2 Å². The van der Waals surface area contributed by atoms with Crippen LogP contribution in [0.5, 0.6) is 0 Å². The van der Waals surface area contributed by atoms with Crippen LogP contribution in [0.15, 0.2) is 12.1 Å². The van der Waals surface area contributed by atoms with Gasteiger partial charge in [-0.3, -0.25) is 0 Å². The lowest BCUT2D eigenvalue weighted by Crippen LogP contribution is -2.47. The fraction of sp³-hybridized carbons (Fsp3) is 0.615. The number of carboxylic acids is 1. The monoisotopic (exact) mass is 264 g/mol. The van der Waals surface area contributed by atoms with Gasteiger partial charge in [0.05, 0.1) is 0 Å². The van der Waals surface area contributed by atoms with Crippen LogP contribution in [0.4, 0.5) is 5.82 Å². The Labute approximate surface area is 112 Å². The third-order valence-corrected chi connectivity index (χ3v) is 3.97. The number of nitrogens with zero attached hydrogens (tertiary/aromatic N) is 3. The van der Waals surface area contributed by atoms with Gasteiger partial charge in [-0.05, 0) is 39.1 Å². The Balaban J connectivity index is 1.99. The van der Waals surface area contributed by atoms with Gasteiger partial charge in [-0.1, -0.05) is 12.8 Å². The molecular formula is C13H20N4O2. The molecule has 0 bridgehead atoms. The molecular weight excluding hydrogens is 244 g/mol. The summed E-state index contributed by atoms with van der Waals surface area (Å²) in [4.78, 5) is 13.0. The Bertz CT molecular complexity index is 438. The van der Waals surface area contributed by atoms with Crippen molar-refractivity contribution >= 4 is 11.8 Å². The maximum absolute atomic E-state index is 10.7. The van der Waals surface area contributed by atoms with Gasteiger partial charge >= 0.3 is 5.97 Å². The molecule has 1 heterocycles. The number of likely N-dealkylation sites (N-methyl/N-ethyl adjacent to an activating group) is 1. The highest BCUT2D eigenvalue weighted by molar-refractivity contribution is 5.85. The van der Waals surface area contributed by atoms with Gasteiger partial charge in [-0.15, -0.1) is 10.2 Å². The number of anilines is 1. The zero-order valence-electron chi connectivity index (χ0n) is 11.4. The van der Waals surface area contributed by atoms with Crippen molar-refractivity contribution in [2.24, 2.45) is 0 Å². The smallest absolute Gasteiger partial charge is 0.356 e. The maximum Gasteiger partial charge on any atom is 0.356 e. The van der Waals surface area contributed by atoms with Crippen molar-refractivity contribution in [1.82, 2.24) is 15.1 Å². The first-order valence-corrected chi connectivity index (χ1v) is 6.52. The van der Waals surface area contributed by atoms with Crippen molar-refractivity contribution in [3.8, 4) is 0 Å². The highest BCUT2D eigenvalue weighted by Gasteiger charge is 2.35. The van der Waals surface area contributed by atoms with Gasteiger partial charge in [0, 0.05) is 12.1 Å². The molecule has 2 rings (SSSR count). The van der Waals surface area contributed by atoms with Crippen LogP contribution >= 0.6 is 0 Å². The van der Waals surface area contributed by atoms with Gasteiger partial charge in [-0.2, -0.15) is 0 Å². The first-order chi connectivity index (χ1) is 9.03. The Kier molecular flexibility index (Phi) is 3.99. The Morgan fingerprint density at radius 1 is 1.37 bits per heavy atom. The SMILES string of the molecule is CN(C)C1(CNc2ccc(C(=O)O)nn2)CCCC1. The number of rotatable bonds is 5. The lowest BCUT2D eigenvalue weighted by molar-refractivity contribution is 0.0689. The normalized spacial score (nSPS) is 17.6. The minimum absolute atomic E-state index is 0.0336. The molecule has 0 saturated heterocycles. The van der Waals surface area contributed by atoms with Crippen LogP contribution in [0.3, 0.4) is 0 Å². The van der Waals surface area contributed by atoms with Crippen LogP contribution in [0.25, 0.3) is 0 Å². The van der Waals surface area contributed by atoms with E-state index in [1.807, 2.05) is 0 Å². The summed E-state index contributed by atoms with van der Waals surface area (Å²) in [6.07, 6.45) is 4.86. The van der Waals surface area contributed by atoms with E-state index < -0.39 is 5.97 Å². The minimum atomic E-state index is -1.06. The number of aromatic carboxylic acids is 1. The van der Waals surface area contributed by atoms with Crippen LogP contribution in [0, 0.1) is 0 Å². The van der Waals surface area contributed by atoms with E-state index in [0.717, 1.165) is 6.54 Å². The summed E-state index contributed by atoms with van der Waals surface area (Å²) >= 11 is 0. The summed E-state index contributed by atoms with van der Waals surface area (Å²) in [6.45, 7) is 0.807. The number of hydrogen-bond donors (Lipinski definition) is 2. The molecule has 1 aliphatic rings. The van der Waals surface area contributed by atoms with Crippen molar-refractivity contribution < 1.29 is 9.90 Å². The van der Waals surface area contributed by atoms with Crippen LogP contribution in [-0.4, -0.2) is 52.4 Å². The highest BCUT2D eigenvalue weighted by Crippen LogP contribution is 2.33. The molecule has 6 heteroatoms. The van der Waals surface area contributed by atoms with Crippen LogP contribution in [-0.2, 0) is 0 Å². The number of nitrogens with one attached hydrogen (secondary N) is 1. The van der Waals surface area contributed by atoms with E-state index in [1.54, 1.807) is 6.07 Å². The van der Waals surface area contributed by atoms with E-state index in [-0.39, 0.29) is 11.2 Å². The largest absolute Gasteiger partial charge is 0.476 e.